The third-order valence-corrected chi connectivity index (χ3v) is 1.41. The first-order valence-electron chi connectivity index (χ1n) is 3.33. The topological polar surface area (TPSA) is 38.9 Å². The molecular weight excluding hydrogens is 136 g/mol. The van der Waals surface area contributed by atoms with Gasteiger partial charge in [0.05, 0.1) is 5.69 Å². The molecule has 0 radical (unpaired) electrons. The van der Waals surface area contributed by atoms with Gasteiger partial charge in [-0.2, -0.15) is 0 Å². The van der Waals surface area contributed by atoms with E-state index >= 15 is 0 Å². The number of nitrogens with two attached hydrogens (primary N) is 1. The van der Waals surface area contributed by atoms with Crippen LogP contribution in [-0.4, -0.2) is 4.98 Å². The summed E-state index contributed by atoms with van der Waals surface area (Å²) < 4.78 is 0. The van der Waals surface area contributed by atoms with Crippen molar-refractivity contribution in [2.45, 2.75) is 6.92 Å². The molecule has 1 aromatic rings. The van der Waals surface area contributed by atoms with E-state index in [1.807, 2.05) is 19.1 Å². The Morgan fingerprint density at radius 3 is 2.91 bits per heavy atom. The maximum absolute atomic E-state index is 5.57. The van der Waals surface area contributed by atoms with Gasteiger partial charge >= 0.3 is 0 Å². The third-order valence-electron chi connectivity index (χ3n) is 1.41. The zero-order valence-electron chi connectivity index (χ0n) is 6.46. The molecule has 0 spiro atoms. The summed E-state index contributed by atoms with van der Waals surface area (Å²) in [7, 11) is 0. The molecule has 2 N–H and O–H groups in total. The molecule has 1 rings (SSSR count). The van der Waals surface area contributed by atoms with Crippen molar-refractivity contribution >= 4 is 11.9 Å². The fourth-order valence-electron chi connectivity index (χ4n) is 0.745. The summed E-state index contributed by atoms with van der Waals surface area (Å²) in [5, 5.41) is 0. The highest BCUT2D eigenvalue weighted by Gasteiger charge is 1.93. The average Bonchev–Trinajstić information content (AvgIpc) is 1.98. The lowest BCUT2D eigenvalue weighted by Crippen LogP contribution is -1.94. The first-order chi connectivity index (χ1) is 5.24. The number of aryl methyl sites for hydroxylation is 1. The fraction of sp³-hybridized carbons (Fsp3) is 0.111. The Hall–Kier alpha value is -1.53. The lowest BCUT2D eigenvalue weighted by atomic mass is 10.2. The predicted molar refractivity (Wildman–Crippen MR) is 47.0 cm³/mol. The van der Waals surface area contributed by atoms with Crippen LogP contribution in [0.2, 0.25) is 0 Å². The van der Waals surface area contributed by atoms with E-state index < -0.39 is 0 Å². The number of hydrogen-bond donors (Lipinski definition) is 1. The van der Waals surface area contributed by atoms with Crippen molar-refractivity contribution in [1.29, 1.82) is 0 Å². The second-order valence-electron chi connectivity index (χ2n) is 2.29. The Labute approximate surface area is 66.1 Å². The van der Waals surface area contributed by atoms with Crippen LogP contribution < -0.4 is 5.73 Å². The number of hydrogen-bond acceptors (Lipinski definition) is 2. The summed E-state index contributed by atoms with van der Waals surface area (Å²) >= 11 is 0. The lowest BCUT2D eigenvalue weighted by molar-refractivity contribution is 1.26. The minimum atomic E-state index is 0.564. The molecule has 0 fully saturated rings. The van der Waals surface area contributed by atoms with Crippen LogP contribution in [0.25, 0.3) is 6.08 Å². The molecule has 11 heavy (non-hydrogen) atoms. The van der Waals surface area contributed by atoms with Crippen molar-refractivity contribution in [1.82, 2.24) is 4.98 Å². The Morgan fingerprint density at radius 2 is 2.36 bits per heavy atom. The minimum absolute atomic E-state index is 0.564. The standard InChI is InChI=1S/C9H10N2/c1-3-4-8-6-5-7(2)9(10)11-8/h4-6H,1H2,2H3,(H2,10,11). The van der Waals surface area contributed by atoms with E-state index in [0.717, 1.165) is 11.3 Å². The molecule has 1 aromatic heterocycles. The molecule has 0 unspecified atom stereocenters. The van der Waals surface area contributed by atoms with Gasteiger partial charge in [0.2, 0.25) is 0 Å². The summed E-state index contributed by atoms with van der Waals surface area (Å²) in [6.45, 7) is 5.37. The molecule has 0 atom stereocenters. The Balaban J connectivity index is 3.14. The van der Waals surface area contributed by atoms with Crippen LogP contribution in [0, 0.1) is 6.92 Å². The van der Waals surface area contributed by atoms with Crippen LogP contribution in [0.15, 0.2) is 24.4 Å². The number of aromatic nitrogens is 1. The normalized spacial score (nSPS) is 8.82. The van der Waals surface area contributed by atoms with Crippen molar-refractivity contribution in [2.24, 2.45) is 0 Å². The molecule has 0 aliphatic heterocycles. The molecule has 0 saturated carbocycles. The SMILES string of the molecule is C=C=Cc1ccc(C)c(N)n1. The van der Waals surface area contributed by atoms with Crippen LogP contribution in [0.5, 0.6) is 0 Å². The predicted octanol–water partition coefficient (Wildman–Crippen LogP) is 1.77. The molecule has 0 bridgehead atoms. The van der Waals surface area contributed by atoms with Crippen molar-refractivity contribution < 1.29 is 0 Å². The molecule has 0 amide bonds. The second kappa shape index (κ2) is 3.04. The molecule has 2 nitrogen and oxygen atoms in total. The van der Waals surface area contributed by atoms with Gasteiger partial charge in [0.25, 0.3) is 0 Å². The van der Waals surface area contributed by atoms with Gasteiger partial charge in [-0.15, -0.1) is 5.73 Å². The van der Waals surface area contributed by atoms with Crippen LogP contribution in [-0.2, 0) is 0 Å². The van der Waals surface area contributed by atoms with E-state index in [4.69, 9.17) is 5.73 Å². The third kappa shape index (κ3) is 1.69. The Kier molecular flexibility index (Phi) is 2.09. The zero-order chi connectivity index (χ0) is 8.27. The summed E-state index contributed by atoms with van der Waals surface area (Å²) in [6.07, 6.45) is 1.69. The molecule has 1 heterocycles. The summed E-state index contributed by atoms with van der Waals surface area (Å²) in [5.74, 6) is 0.564. The monoisotopic (exact) mass is 146 g/mol. The van der Waals surface area contributed by atoms with Crippen LogP contribution in [0.1, 0.15) is 11.3 Å². The zero-order valence-corrected chi connectivity index (χ0v) is 6.46. The quantitative estimate of drug-likeness (QED) is 0.613. The second-order valence-corrected chi connectivity index (χ2v) is 2.29. The van der Waals surface area contributed by atoms with Gasteiger partial charge < -0.3 is 5.73 Å². The van der Waals surface area contributed by atoms with Crippen LogP contribution in [0.4, 0.5) is 5.82 Å². The molecule has 0 aliphatic carbocycles. The van der Waals surface area contributed by atoms with Crippen molar-refractivity contribution in [3.05, 3.63) is 35.7 Å². The average molecular weight is 146 g/mol. The first kappa shape index (κ1) is 7.58. The van der Waals surface area contributed by atoms with E-state index in [1.54, 1.807) is 6.08 Å². The van der Waals surface area contributed by atoms with Gasteiger partial charge in [0, 0.05) is 6.08 Å². The van der Waals surface area contributed by atoms with Gasteiger partial charge in [-0.05, 0) is 18.6 Å². The van der Waals surface area contributed by atoms with Gasteiger partial charge in [-0.3, -0.25) is 0 Å². The Bertz CT molecular complexity index is 309. The number of nitrogen functional groups attached to an aromatic ring is 1. The van der Waals surface area contributed by atoms with E-state index in [2.05, 4.69) is 17.3 Å². The first-order valence-corrected chi connectivity index (χ1v) is 3.33. The highest BCUT2D eigenvalue weighted by atomic mass is 14.8. The van der Waals surface area contributed by atoms with Crippen LogP contribution in [0.3, 0.4) is 0 Å². The number of nitrogens with zero attached hydrogens (tertiary/aromatic N) is 1. The molecule has 0 aromatic carbocycles. The van der Waals surface area contributed by atoms with Crippen LogP contribution >= 0.6 is 0 Å². The van der Waals surface area contributed by atoms with Gasteiger partial charge in [-0.1, -0.05) is 12.6 Å². The van der Waals surface area contributed by atoms with Gasteiger partial charge in [0.1, 0.15) is 5.82 Å². The number of rotatable bonds is 1. The van der Waals surface area contributed by atoms with Crippen molar-refractivity contribution in [2.75, 3.05) is 5.73 Å². The Morgan fingerprint density at radius 1 is 1.64 bits per heavy atom. The fourth-order valence-corrected chi connectivity index (χ4v) is 0.745. The molecule has 0 saturated heterocycles. The molecule has 56 valence electrons. The summed E-state index contributed by atoms with van der Waals surface area (Å²) in [5.41, 5.74) is 10.00. The maximum atomic E-state index is 5.57. The van der Waals surface area contributed by atoms with Gasteiger partial charge in [0.15, 0.2) is 0 Å². The minimum Gasteiger partial charge on any atom is -0.383 e. The van der Waals surface area contributed by atoms with E-state index in [-0.39, 0.29) is 0 Å². The summed E-state index contributed by atoms with van der Waals surface area (Å²) in [6, 6.07) is 3.80. The van der Waals surface area contributed by atoms with Crippen molar-refractivity contribution in [3.8, 4) is 0 Å². The molecule has 0 aliphatic rings. The highest BCUT2D eigenvalue weighted by molar-refractivity contribution is 5.49. The lowest BCUT2D eigenvalue weighted by Gasteiger charge is -1.97. The smallest absolute Gasteiger partial charge is 0.126 e. The van der Waals surface area contributed by atoms with Gasteiger partial charge in [-0.25, -0.2) is 4.98 Å². The molecule has 2 heteroatoms. The highest BCUT2D eigenvalue weighted by Crippen LogP contribution is 2.08. The number of anilines is 1. The maximum Gasteiger partial charge on any atom is 0.126 e. The summed E-state index contributed by atoms with van der Waals surface area (Å²) in [4.78, 5) is 4.08. The van der Waals surface area contributed by atoms with Crippen molar-refractivity contribution in [3.63, 3.8) is 0 Å². The molecular formula is C9H10N2. The van der Waals surface area contributed by atoms with E-state index in [9.17, 15) is 0 Å². The van der Waals surface area contributed by atoms with E-state index in [1.165, 1.54) is 0 Å². The number of pyridine rings is 1. The largest absolute Gasteiger partial charge is 0.383 e. The van der Waals surface area contributed by atoms with E-state index in [0.29, 0.717) is 5.82 Å².